The first kappa shape index (κ1) is 12.9. The van der Waals surface area contributed by atoms with Gasteiger partial charge in [-0.15, -0.1) is 0 Å². The molecule has 0 spiro atoms. The van der Waals surface area contributed by atoms with Crippen LogP contribution in [0.25, 0.3) is 0 Å². The summed E-state index contributed by atoms with van der Waals surface area (Å²) in [6.07, 6.45) is 5.45. The Morgan fingerprint density at radius 3 is 2.35 bits per heavy atom. The van der Waals surface area contributed by atoms with E-state index < -0.39 is 0 Å². The molecule has 2 rings (SSSR count). The van der Waals surface area contributed by atoms with Crippen molar-refractivity contribution in [2.75, 3.05) is 53.9 Å². The zero-order chi connectivity index (χ0) is 12.4. The highest BCUT2D eigenvalue weighted by Crippen LogP contribution is 2.19. The molecule has 0 aromatic carbocycles. The Morgan fingerprint density at radius 2 is 1.71 bits per heavy atom. The number of nitrogens with zero attached hydrogens (tertiary/aromatic N) is 2. The molecule has 0 radical (unpaired) electrons. The van der Waals surface area contributed by atoms with E-state index in [4.69, 9.17) is 0 Å². The average Bonchev–Trinajstić information content (AvgIpc) is 2.64. The molecule has 17 heavy (non-hydrogen) atoms. The van der Waals surface area contributed by atoms with E-state index in [0.29, 0.717) is 5.92 Å². The summed E-state index contributed by atoms with van der Waals surface area (Å²) < 4.78 is 2.35. The highest BCUT2D eigenvalue weighted by atomic mass is 15.3. The number of hydrogen-bond donors (Lipinski definition) is 0. The summed E-state index contributed by atoms with van der Waals surface area (Å²) >= 11 is 0. The second-order valence-electron chi connectivity index (χ2n) is 6.93. The first-order chi connectivity index (χ1) is 7.99. The lowest BCUT2D eigenvalue weighted by atomic mass is 9.97. The van der Waals surface area contributed by atoms with Crippen LogP contribution >= 0.6 is 0 Å². The van der Waals surface area contributed by atoms with E-state index in [9.17, 15) is 0 Å². The predicted octanol–water partition coefficient (Wildman–Crippen LogP) is 1.72. The summed E-state index contributed by atoms with van der Waals surface area (Å²) in [4.78, 5) is 0. The lowest BCUT2D eigenvalue weighted by molar-refractivity contribution is -0.897. The summed E-state index contributed by atoms with van der Waals surface area (Å²) in [5, 5.41) is 0. The topological polar surface area (TPSA) is 0 Å². The van der Waals surface area contributed by atoms with Crippen LogP contribution in [0.1, 0.15) is 25.7 Å². The largest absolute Gasteiger partial charge is 0.327 e. The number of hydrogen-bond acceptors (Lipinski definition) is 0. The van der Waals surface area contributed by atoms with Crippen molar-refractivity contribution < 1.29 is 8.97 Å². The van der Waals surface area contributed by atoms with Crippen LogP contribution in [-0.4, -0.2) is 62.8 Å². The van der Waals surface area contributed by atoms with Crippen LogP contribution in [0.15, 0.2) is 0 Å². The first-order valence-corrected chi connectivity index (χ1v) is 7.13. The summed E-state index contributed by atoms with van der Waals surface area (Å²) in [6, 6.07) is 0. The van der Waals surface area contributed by atoms with Gasteiger partial charge in [-0.05, 0) is 18.8 Å². The van der Waals surface area contributed by atoms with E-state index in [1.165, 1.54) is 56.3 Å². The summed E-state index contributed by atoms with van der Waals surface area (Å²) in [5.74, 6) is 7.68. The molecule has 0 saturated carbocycles. The van der Waals surface area contributed by atoms with Gasteiger partial charge in [-0.1, -0.05) is 5.92 Å². The van der Waals surface area contributed by atoms with Crippen LogP contribution in [0.2, 0.25) is 0 Å². The maximum absolute atomic E-state index is 3.55. The number of piperidine rings is 1. The Kier molecular flexibility index (Phi) is 3.80. The minimum atomic E-state index is 0.646. The Labute approximate surface area is 107 Å². The molecular weight excluding hydrogens is 208 g/mol. The molecule has 0 bridgehead atoms. The Balaban J connectivity index is 1.84. The molecule has 2 heterocycles. The molecule has 0 N–H and O–H groups in total. The van der Waals surface area contributed by atoms with Crippen LogP contribution < -0.4 is 0 Å². The van der Waals surface area contributed by atoms with Crippen molar-refractivity contribution in [2.24, 2.45) is 5.92 Å². The molecule has 0 aromatic heterocycles. The molecule has 2 saturated heterocycles. The standard InChI is InChI=1S/C15H28N2/c1-16(2)10-6-8-15(14-16)9-7-13-17(3)11-4-5-12-17/h15H,4-6,8,10-14H2,1-3H3/q+2/t15-/m1/s1. The van der Waals surface area contributed by atoms with Gasteiger partial charge in [0.15, 0.2) is 0 Å². The van der Waals surface area contributed by atoms with E-state index >= 15 is 0 Å². The van der Waals surface area contributed by atoms with E-state index in [0.717, 1.165) is 11.0 Å². The van der Waals surface area contributed by atoms with Crippen LogP contribution in [-0.2, 0) is 0 Å². The monoisotopic (exact) mass is 236 g/mol. The molecule has 0 aliphatic carbocycles. The molecule has 2 aliphatic rings. The fourth-order valence-electron chi connectivity index (χ4n) is 3.30. The van der Waals surface area contributed by atoms with Gasteiger partial charge in [0.1, 0.15) is 6.54 Å². The number of likely N-dealkylation sites (tertiary alicyclic amines) is 2. The highest BCUT2D eigenvalue weighted by molar-refractivity contribution is 5.04. The fraction of sp³-hybridized carbons (Fsp3) is 0.867. The third-order valence-corrected chi connectivity index (χ3v) is 4.44. The van der Waals surface area contributed by atoms with Gasteiger partial charge in [0.2, 0.25) is 0 Å². The third kappa shape index (κ3) is 3.72. The summed E-state index contributed by atoms with van der Waals surface area (Å²) in [5.41, 5.74) is 0. The number of quaternary nitrogens is 2. The summed E-state index contributed by atoms with van der Waals surface area (Å²) in [6.45, 7) is 6.31. The summed E-state index contributed by atoms with van der Waals surface area (Å²) in [7, 11) is 7.03. The second-order valence-corrected chi connectivity index (χ2v) is 6.93. The zero-order valence-electron chi connectivity index (χ0n) is 11.8. The molecule has 1 atom stereocenters. The molecule has 2 aliphatic heterocycles. The minimum absolute atomic E-state index is 0.646. The van der Waals surface area contributed by atoms with Crippen molar-refractivity contribution in [3.05, 3.63) is 0 Å². The maximum atomic E-state index is 3.55. The van der Waals surface area contributed by atoms with E-state index in [1.807, 2.05) is 0 Å². The normalized spacial score (nSPS) is 30.6. The molecule has 2 nitrogen and oxygen atoms in total. The van der Waals surface area contributed by atoms with Gasteiger partial charge in [0.05, 0.1) is 53.2 Å². The van der Waals surface area contributed by atoms with Gasteiger partial charge in [0.25, 0.3) is 0 Å². The van der Waals surface area contributed by atoms with Crippen molar-refractivity contribution in [3.8, 4) is 11.8 Å². The molecule has 96 valence electrons. The third-order valence-electron chi connectivity index (χ3n) is 4.44. The van der Waals surface area contributed by atoms with E-state index in [-0.39, 0.29) is 0 Å². The molecular formula is C15H28N2+2. The van der Waals surface area contributed by atoms with Gasteiger partial charge < -0.3 is 8.97 Å². The van der Waals surface area contributed by atoms with Gasteiger partial charge in [-0.3, -0.25) is 0 Å². The first-order valence-electron chi connectivity index (χ1n) is 7.13. The predicted molar refractivity (Wildman–Crippen MR) is 72.4 cm³/mol. The highest BCUT2D eigenvalue weighted by Gasteiger charge is 2.27. The Morgan fingerprint density at radius 1 is 1.00 bits per heavy atom. The molecule has 0 unspecified atom stereocenters. The lowest BCUT2D eigenvalue weighted by Gasteiger charge is -2.36. The van der Waals surface area contributed by atoms with Gasteiger partial charge in [-0.2, -0.15) is 0 Å². The lowest BCUT2D eigenvalue weighted by Crippen LogP contribution is -2.47. The zero-order valence-corrected chi connectivity index (χ0v) is 11.8. The maximum Gasteiger partial charge on any atom is 0.140 e. The Hall–Kier alpha value is -0.520. The average molecular weight is 236 g/mol. The Bertz CT molecular complexity index is 316. The SMILES string of the molecule is C[N+]1(C)CCC[C@H](C#CC[N+]2(C)CCCC2)C1. The molecule has 0 aromatic rings. The molecule has 2 fully saturated rings. The minimum Gasteiger partial charge on any atom is -0.327 e. The smallest absolute Gasteiger partial charge is 0.140 e. The van der Waals surface area contributed by atoms with Gasteiger partial charge in [0, 0.05) is 12.8 Å². The van der Waals surface area contributed by atoms with Crippen molar-refractivity contribution in [2.45, 2.75) is 25.7 Å². The second kappa shape index (κ2) is 5.00. The molecule has 0 amide bonds. The van der Waals surface area contributed by atoms with E-state index in [2.05, 4.69) is 33.0 Å². The van der Waals surface area contributed by atoms with E-state index in [1.54, 1.807) is 0 Å². The molecule has 2 heteroatoms. The number of rotatable bonds is 1. The van der Waals surface area contributed by atoms with Crippen LogP contribution in [0.5, 0.6) is 0 Å². The van der Waals surface area contributed by atoms with Crippen molar-refractivity contribution in [1.82, 2.24) is 0 Å². The van der Waals surface area contributed by atoms with Gasteiger partial charge >= 0.3 is 0 Å². The van der Waals surface area contributed by atoms with Crippen molar-refractivity contribution in [1.29, 1.82) is 0 Å². The van der Waals surface area contributed by atoms with Crippen LogP contribution in [0.3, 0.4) is 0 Å². The van der Waals surface area contributed by atoms with Crippen molar-refractivity contribution >= 4 is 0 Å². The van der Waals surface area contributed by atoms with Gasteiger partial charge in [-0.25, -0.2) is 0 Å². The quantitative estimate of drug-likeness (QED) is 0.480. The van der Waals surface area contributed by atoms with Crippen LogP contribution in [0, 0.1) is 17.8 Å². The van der Waals surface area contributed by atoms with Crippen molar-refractivity contribution in [3.63, 3.8) is 0 Å². The van der Waals surface area contributed by atoms with Crippen LogP contribution in [0.4, 0.5) is 0 Å². The fourth-order valence-corrected chi connectivity index (χ4v) is 3.30.